The van der Waals surface area contributed by atoms with Crippen molar-refractivity contribution in [2.45, 2.75) is 0 Å². The third-order valence-corrected chi connectivity index (χ3v) is 0.443. The van der Waals surface area contributed by atoms with Crippen molar-refractivity contribution in [1.82, 2.24) is 0 Å². The lowest BCUT2D eigenvalue weighted by atomic mass is 10.5. The van der Waals surface area contributed by atoms with Crippen molar-refractivity contribution < 1.29 is 0 Å². The highest BCUT2D eigenvalue weighted by Crippen LogP contribution is 1.93. The molecule has 0 aromatic heterocycles. The molecular weight excluding hydrogens is 88.1 g/mol. The van der Waals surface area contributed by atoms with Crippen molar-refractivity contribution in [3.63, 3.8) is 0 Å². The van der Waals surface area contributed by atoms with Crippen molar-refractivity contribution in [3.8, 4) is 0 Å². The Balaban J connectivity index is 3.36. The van der Waals surface area contributed by atoms with Gasteiger partial charge < -0.3 is 0 Å². The number of aliphatic imine (C=N–C) groups is 2. The van der Waals surface area contributed by atoms with Gasteiger partial charge in [0.1, 0.15) is 6.54 Å². The highest BCUT2D eigenvalue weighted by molar-refractivity contribution is 5.32. The normalized spacial score (nSPS) is 7.43. The molecule has 1 radical (unpaired) electrons. The summed E-state index contributed by atoms with van der Waals surface area (Å²) in [6.45, 7) is 11.3. The van der Waals surface area contributed by atoms with Gasteiger partial charge in [-0.2, -0.15) is 0 Å². The molecule has 0 aliphatic carbocycles. The molecule has 7 heavy (non-hydrogen) atoms. The molecule has 2 nitrogen and oxygen atoms in total. The summed E-state index contributed by atoms with van der Waals surface area (Å²) < 4.78 is 0. The zero-order valence-corrected chi connectivity index (χ0v) is 4.09. The van der Waals surface area contributed by atoms with Crippen LogP contribution < -0.4 is 0 Å². The third kappa shape index (κ3) is 2.89. The van der Waals surface area contributed by atoms with Crippen LogP contribution in [-0.4, -0.2) is 13.4 Å². The molecule has 0 aliphatic heterocycles. The first-order chi connectivity index (χ1) is 3.31. The van der Waals surface area contributed by atoms with E-state index in [1.807, 2.05) is 0 Å². The van der Waals surface area contributed by atoms with Crippen LogP contribution in [0, 0.1) is 6.54 Å². The largest absolute Gasteiger partial charge is 0.289 e. The molecule has 0 atom stereocenters. The van der Waals surface area contributed by atoms with E-state index in [4.69, 9.17) is 0 Å². The molecule has 0 saturated carbocycles. The van der Waals surface area contributed by atoms with Crippen molar-refractivity contribution in [3.05, 3.63) is 18.8 Å². The van der Waals surface area contributed by atoms with Crippen LogP contribution in [-0.2, 0) is 0 Å². The van der Waals surface area contributed by atoms with Crippen LogP contribution >= 0.6 is 0 Å². The van der Waals surface area contributed by atoms with Gasteiger partial charge in [-0.3, -0.25) is 9.98 Å². The van der Waals surface area contributed by atoms with E-state index in [0.29, 0.717) is 5.70 Å². The molecule has 0 saturated heterocycles. The van der Waals surface area contributed by atoms with Crippen molar-refractivity contribution >= 4 is 13.4 Å². The summed E-state index contributed by atoms with van der Waals surface area (Å²) in [7, 11) is 0. The molecule has 0 unspecified atom stereocenters. The first-order valence-electron chi connectivity index (χ1n) is 1.76. The standard InChI is InChI=1S/C5H7N2/c1-5(7-3)4-6-2/h4H,1-3H2. The minimum absolute atomic E-state index is 0.537. The fourth-order valence-electron chi connectivity index (χ4n) is 0.146. The van der Waals surface area contributed by atoms with Gasteiger partial charge in [0.05, 0.1) is 5.70 Å². The number of hydrogen-bond acceptors (Lipinski definition) is 2. The molecule has 0 amide bonds. The minimum atomic E-state index is 0.537. The highest BCUT2D eigenvalue weighted by atomic mass is 14.8. The van der Waals surface area contributed by atoms with Crippen LogP contribution in [0.15, 0.2) is 22.3 Å². The Morgan fingerprint density at radius 3 is 2.14 bits per heavy atom. The topological polar surface area (TPSA) is 24.7 Å². The first kappa shape index (κ1) is 6.08. The van der Waals surface area contributed by atoms with Gasteiger partial charge in [0.2, 0.25) is 0 Å². The Bertz CT molecular complexity index is 94.3. The van der Waals surface area contributed by atoms with E-state index < -0.39 is 0 Å². The summed E-state index contributed by atoms with van der Waals surface area (Å²) in [6, 6.07) is 0. The molecule has 0 aromatic carbocycles. The lowest BCUT2D eigenvalue weighted by Crippen LogP contribution is -1.68. The molecule has 0 aliphatic rings. The van der Waals surface area contributed by atoms with E-state index in [-0.39, 0.29) is 0 Å². The number of nitrogens with zero attached hydrogens (tertiary/aromatic N) is 2. The lowest BCUT2D eigenvalue weighted by Gasteiger charge is -1.84. The van der Waals surface area contributed by atoms with Gasteiger partial charge >= 0.3 is 0 Å². The Morgan fingerprint density at radius 2 is 2.00 bits per heavy atom. The van der Waals surface area contributed by atoms with Gasteiger partial charge in [0.15, 0.2) is 0 Å². The molecule has 0 N–H and O–H groups in total. The predicted molar refractivity (Wildman–Crippen MR) is 32.5 cm³/mol. The molecule has 0 spiro atoms. The van der Waals surface area contributed by atoms with E-state index >= 15 is 0 Å². The van der Waals surface area contributed by atoms with Crippen LogP contribution in [0.5, 0.6) is 0 Å². The van der Waals surface area contributed by atoms with E-state index in [9.17, 15) is 0 Å². The average Bonchev–Trinajstić information content (AvgIpc) is 1.68. The Labute approximate surface area is 43.3 Å². The maximum atomic E-state index is 3.44. The summed E-state index contributed by atoms with van der Waals surface area (Å²) >= 11 is 0. The molecule has 2 heteroatoms. The van der Waals surface area contributed by atoms with Crippen LogP contribution in [0.3, 0.4) is 0 Å². The first-order valence-corrected chi connectivity index (χ1v) is 1.76. The minimum Gasteiger partial charge on any atom is -0.289 e. The molecule has 0 bridgehead atoms. The van der Waals surface area contributed by atoms with Gasteiger partial charge in [0.25, 0.3) is 0 Å². The van der Waals surface area contributed by atoms with E-state index in [0.717, 1.165) is 0 Å². The Kier molecular flexibility index (Phi) is 2.85. The zero-order valence-electron chi connectivity index (χ0n) is 4.09. The van der Waals surface area contributed by atoms with Crippen LogP contribution in [0.2, 0.25) is 0 Å². The smallest absolute Gasteiger partial charge is 0.118 e. The Hall–Kier alpha value is -0.920. The predicted octanol–water partition coefficient (Wildman–Crippen LogP) is 1.06. The highest BCUT2D eigenvalue weighted by Gasteiger charge is 1.79. The van der Waals surface area contributed by atoms with Crippen molar-refractivity contribution in [2.75, 3.05) is 0 Å². The number of rotatable bonds is 3. The lowest BCUT2D eigenvalue weighted by molar-refractivity contribution is 1.28. The van der Waals surface area contributed by atoms with Crippen LogP contribution in [0.4, 0.5) is 0 Å². The van der Waals surface area contributed by atoms with E-state index in [1.165, 1.54) is 6.54 Å². The molecular formula is C5H7N2. The molecule has 0 aromatic rings. The zero-order chi connectivity index (χ0) is 5.70. The summed E-state index contributed by atoms with van der Waals surface area (Å²) in [4.78, 5) is 6.84. The SMILES string of the molecule is C=N[CH]C(=C)N=C. The second-order valence-corrected chi connectivity index (χ2v) is 0.961. The molecule has 0 fully saturated rings. The summed E-state index contributed by atoms with van der Waals surface area (Å²) in [5.41, 5.74) is 0.537. The third-order valence-electron chi connectivity index (χ3n) is 0.443. The summed E-state index contributed by atoms with van der Waals surface area (Å²) in [5, 5.41) is 0. The quantitative estimate of drug-likeness (QED) is 0.468. The monoisotopic (exact) mass is 95.1 g/mol. The van der Waals surface area contributed by atoms with Gasteiger partial charge in [-0.05, 0) is 13.4 Å². The van der Waals surface area contributed by atoms with Crippen molar-refractivity contribution in [2.24, 2.45) is 9.98 Å². The van der Waals surface area contributed by atoms with Gasteiger partial charge in [-0.15, -0.1) is 0 Å². The molecule has 37 valence electrons. The van der Waals surface area contributed by atoms with Crippen LogP contribution in [0.25, 0.3) is 0 Å². The van der Waals surface area contributed by atoms with Crippen LogP contribution in [0.1, 0.15) is 0 Å². The Morgan fingerprint density at radius 1 is 1.43 bits per heavy atom. The fourth-order valence-corrected chi connectivity index (χ4v) is 0.146. The average molecular weight is 95.1 g/mol. The molecule has 0 heterocycles. The van der Waals surface area contributed by atoms with E-state index in [1.54, 1.807) is 0 Å². The summed E-state index contributed by atoms with van der Waals surface area (Å²) in [6.07, 6.45) is 0. The van der Waals surface area contributed by atoms with Crippen molar-refractivity contribution in [1.29, 1.82) is 0 Å². The maximum absolute atomic E-state index is 3.44. The number of hydrogen-bond donors (Lipinski definition) is 0. The second-order valence-electron chi connectivity index (χ2n) is 0.961. The van der Waals surface area contributed by atoms with E-state index in [2.05, 4.69) is 30.0 Å². The van der Waals surface area contributed by atoms with Gasteiger partial charge in [-0.1, -0.05) is 6.58 Å². The summed E-state index contributed by atoms with van der Waals surface area (Å²) in [5.74, 6) is 0. The second kappa shape index (κ2) is 3.28. The molecule has 0 rings (SSSR count). The fraction of sp³-hybridized carbons (Fsp3) is 0. The van der Waals surface area contributed by atoms with Gasteiger partial charge in [-0.25, -0.2) is 0 Å². The maximum Gasteiger partial charge on any atom is 0.118 e. The van der Waals surface area contributed by atoms with Gasteiger partial charge in [0, 0.05) is 0 Å².